The molecule has 0 N–H and O–H groups in total. The van der Waals surface area contributed by atoms with Crippen molar-refractivity contribution in [2.24, 2.45) is 0 Å². The summed E-state index contributed by atoms with van der Waals surface area (Å²) in [4.78, 5) is 37.6. The average molecular weight is 793 g/mol. The average Bonchev–Trinajstić information content (AvgIpc) is 3.21. The first-order chi connectivity index (χ1) is 28.0. The lowest BCUT2D eigenvalue weighted by molar-refractivity contribution is -0.166. The zero-order valence-corrected chi connectivity index (χ0v) is 36.8. The van der Waals surface area contributed by atoms with Crippen LogP contribution in [-0.4, -0.2) is 37.2 Å². The second kappa shape index (κ2) is 45.3. The van der Waals surface area contributed by atoms with E-state index >= 15 is 0 Å². The molecule has 0 aromatic heterocycles. The summed E-state index contributed by atoms with van der Waals surface area (Å²) in [5.74, 6) is -1.14. The van der Waals surface area contributed by atoms with Crippen LogP contribution in [-0.2, 0) is 28.6 Å². The van der Waals surface area contributed by atoms with E-state index < -0.39 is 12.1 Å². The van der Waals surface area contributed by atoms with Gasteiger partial charge in [-0.05, 0) is 89.9 Å². The Bertz CT molecular complexity index is 1140. The van der Waals surface area contributed by atoms with Gasteiger partial charge in [0, 0.05) is 12.8 Å². The highest BCUT2D eigenvalue weighted by Gasteiger charge is 2.19. The van der Waals surface area contributed by atoms with Gasteiger partial charge in [0.25, 0.3) is 0 Å². The Morgan fingerprint density at radius 3 is 1.30 bits per heavy atom. The SMILES string of the molecule is CC/C=C\C/C=C\C/C=C\CC(=O)OCC(COC(=O)CCC/C=C\C/C=C\C/C=C\CCCCCCCC)OC(=O)CCCCC/C=C\CCCCCCCC. The van der Waals surface area contributed by atoms with Crippen molar-refractivity contribution in [3.8, 4) is 0 Å². The minimum atomic E-state index is -0.838. The first kappa shape index (κ1) is 53.6. The maximum absolute atomic E-state index is 12.7. The molecule has 0 aromatic carbocycles. The van der Waals surface area contributed by atoms with E-state index in [1.807, 2.05) is 6.08 Å². The Balaban J connectivity index is 4.52. The molecule has 0 spiro atoms. The van der Waals surface area contributed by atoms with Crippen LogP contribution in [0, 0.1) is 0 Å². The standard InChI is InChI=1S/C51H84O6/c1-4-7-10-13-16-19-21-23-24-25-26-28-29-32-35-38-41-44-50(53)56-47-48(46-55-49(52)43-40-37-34-31-18-15-12-9-6-3)57-51(54)45-42-39-36-33-30-27-22-20-17-14-11-8-5-2/h9,12,18,23-24,26-28,30-32,35,37,40,48H,4-8,10-11,13-17,19-22,25,29,33-34,36,38-39,41-47H2,1-3H3/b12-9-,24-23-,28-26-,30-27-,31-18-,35-32-,40-37-. The van der Waals surface area contributed by atoms with Crippen LogP contribution in [0.5, 0.6) is 0 Å². The second-order valence-electron chi connectivity index (χ2n) is 14.9. The van der Waals surface area contributed by atoms with Crippen molar-refractivity contribution in [1.82, 2.24) is 0 Å². The van der Waals surface area contributed by atoms with Gasteiger partial charge in [-0.15, -0.1) is 0 Å². The third-order valence-electron chi connectivity index (χ3n) is 9.39. The minimum Gasteiger partial charge on any atom is -0.462 e. The Labute approximate surface area is 350 Å². The molecular formula is C51H84O6. The lowest BCUT2D eigenvalue weighted by Gasteiger charge is -2.18. The smallest absolute Gasteiger partial charge is 0.309 e. The van der Waals surface area contributed by atoms with Gasteiger partial charge in [0.15, 0.2) is 6.10 Å². The Kier molecular flexibility index (Phi) is 42.6. The predicted octanol–water partition coefficient (Wildman–Crippen LogP) is 14.9. The van der Waals surface area contributed by atoms with Crippen LogP contribution in [0.25, 0.3) is 0 Å². The molecule has 0 rings (SSSR count). The largest absolute Gasteiger partial charge is 0.462 e. The quantitative estimate of drug-likeness (QED) is 0.0266. The molecule has 6 nitrogen and oxygen atoms in total. The highest BCUT2D eigenvalue weighted by molar-refractivity contribution is 5.72. The molecule has 0 saturated carbocycles. The monoisotopic (exact) mass is 793 g/mol. The summed E-state index contributed by atoms with van der Waals surface area (Å²) >= 11 is 0. The van der Waals surface area contributed by atoms with Crippen LogP contribution in [0.3, 0.4) is 0 Å². The summed E-state index contributed by atoms with van der Waals surface area (Å²) in [7, 11) is 0. The number of carbonyl (C=O) groups is 3. The third kappa shape index (κ3) is 43.6. The van der Waals surface area contributed by atoms with Crippen molar-refractivity contribution < 1.29 is 28.6 Å². The molecule has 0 heterocycles. The molecule has 1 unspecified atom stereocenters. The second-order valence-corrected chi connectivity index (χ2v) is 14.9. The molecular weight excluding hydrogens is 709 g/mol. The van der Waals surface area contributed by atoms with Crippen LogP contribution in [0.1, 0.15) is 201 Å². The van der Waals surface area contributed by atoms with Crippen molar-refractivity contribution in [3.05, 3.63) is 85.1 Å². The lowest BCUT2D eigenvalue weighted by atomic mass is 10.1. The Hall–Kier alpha value is -3.41. The molecule has 0 bridgehead atoms. The molecule has 0 radical (unpaired) electrons. The molecule has 1 atom stereocenters. The number of esters is 3. The first-order valence-electron chi connectivity index (χ1n) is 23.1. The number of hydrogen-bond donors (Lipinski definition) is 0. The van der Waals surface area contributed by atoms with Gasteiger partial charge in [-0.3, -0.25) is 14.4 Å². The van der Waals surface area contributed by atoms with E-state index in [1.54, 1.807) is 6.08 Å². The normalized spacial score (nSPS) is 12.8. The van der Waals surface area contributed by atoms with Gasteiger partial charge in [-0.1, -0.05) is 176 Å². The van der Waals surface area contributed by atoms with E-state index in [2.05, 4.69) is 93.7 Å². The molecule has 0 aliphatic heterocycles. The van der Waals surface area contributed by atoms with Crippen molar-refractivity contribution >= 4 is 17.9 Å². The van der Waals surface area contributed by atoms with Gasteiger partial charge >= 0.3 is 17.9 Å². The van der Waals surface area contributed by atoms with E-state index in [0.717, 1.165) is 70.6 Å². The molecule has 6 heteroatoms. The zero-order chi connectivity index (χ0) is 41.5. The molecule has 324 valence electrons. The molecule has 0 aliphatic carbocycles. The van der Waals surface area contributed by atoms with Gasteiger partial charge < -0.3 is 14.2 Å². The van der Waals surface area contributed by atoms with Gasteiger partial charge in [-0.2, -0.15) is 0 Å². The van der Waals surface area contributed by atoms with Gasteiger partial charge in [0.2, 0.25) is 0 Å². The fraction of sp³-hybridized carbons (Fsp3) is 0.667. The van der Waals surface area contributed by atoms with Gasteiger partial charge in [0.1, 0.15) is 13.2 Å². The topological polar surface area (TPSA) is 78.9 Å². The number of ether oxygens (including phenoxy) is 3. The summed E-state index contributed by atoms with van der Waals surface area (Å²) in [6.45, 7) is 6.32. The summed E-state index contributed by atoms with van der Waals surface area (Å²) in [6, 6.07) is 0. The van der Waals surface area contributed by atoms with Crippen molar-refractivity contribution in [1.29, 1.82) is 0 Å². The number of carbonyl (C=O) groups excluding carboxylic acids is 3. The van der Waals surface area contributed by atoms with E-state index in [-0.39, 0.29) is 44.4 Å². The van der Waals surface area contributed by atoms with Crippen LogP contribution in [0.4, 0.5) is 0 Å². The number of rotatable bonds is 40. The maximum Gasteiger partial charge on any atom is 0.309 e. The fourth-order valence-corrected chi connectivity index (χ4v) is 5.92. The molecule has 0 aliphatic rings. The molecule has 57 heavy (non-hydrogen) atoms. The summed E-state index contributed by atoms with van der Waals surface area (Å²) in [6.07, 6.45) is 57.5. The first-order valence-corrected chi connectivity index (χ1v) is 23.1. The van der Waals surface area contributed by atoms with Crippen LogP contribution in [0.15, 0.2) is 85.1 Å². The third-order valence-corrected chi connectivity index (χ3v) is 9.39. The van der Waals surface area contributed by atoms with Crippen molar-refractivity contribution in [2.45, 2.75) is 207 Å². The summed E-state index contributed by atoms with van der Waals surface area (Å²) in [5, 5.41) is 0. The number of allylic oxidation sites excluding steroid dienone is 13. The number of unbranched alkanes of at least 4 members (excludes halogenated alkanes) is 16. The van der Waals surface area contributed by atoms with E-state index in [4.69, 9.17) is 14.2 Å². The maximum atomic E-state index is 12.7. The summed E-state index contributed by atoms with van der Waals surface area (Å²) < 4.78 is 16.5. The number of hydrogen-bond acceptors (Lipinski definition) is 6. The van der Waals surface area contributed by atoms with Crippen LogP contribution in [0.2, 0.25) is 0 Å². The van der Waals surface area contributed by atoms with Gasteiger partial charge in [0.05, 0.1) is 6.42 Å². The van der Waals surface area contributed by atoms with Gasteiger partial charge in [-0.25, -0.2) is 0 Å². The van der Waals surface area contributed by atoms with E-state index in [0.29, 0.717) is 6.42 Å². The highest BCUT2D eigenvalue weighted by Crippen LogP contribution is 2.11. The minimum absolute atomic E-state index is 0.122. The van der Waals surface area contributed by atoms with Crippen molar-refractivity contribution in [2.75, 3.05) is 13.2 Å². The predicted molar refractivity (Wildman–Crippen MR) is 242 cm³/mol. The van der Waals surface area contributed by atoms with Crippen LogP contribution >= 0.6 is 0 Å². The molecule has 0 fully saturated rings. The Morgan fingerprint density at radius 2 is 0.772 bits per heavy atom. The zero-order valence-electron chi connectivity index (χ0n) is 36.8. The fourth-order valence-electron chi connectivity index (χ4n) is 5.92. The molecule has 0 amide bonds. The van der Waals surface area contributed by atoms with Crippen molar-refractivity contribution in [3.63, 3.8) is 0 Å². The van der Waals surface area contributed by atoms with Crippen LogP contribution < -0.4 is 0 Å². The highest BCUT2D eigenvalue weighted by atomic mass is 16.6. The molecule has 0 aromatic rings. The lowest BCUT2D eigenvalue weighted by Crippen LogP contribution is -2.30. The molecule has 0 saturated heterocycles. The van der Waals surface area contributed by atoms with E-state index in [1.165, 1.54) is 83.5 Å². The van der Waals surface area contributed by atoms with E-state index in [9.17, 15) is 14.4 Å². The summed E-state index contributed by atoms with van der Waals surface area (Å²) in [5.41, 5.74) is 0. The Morgan fingerprint density at radius 1 is 0.386 bits per heavy atom.